The minimum Gasteiger partial charge on any atom is -0.397 e. The number of hydrogen-bond donors (Lipinski definition) is 3. The molecule has 3 aromatic rings. The van der Waals surface area contributed by atoms with Crippen LogP contribution in [0.4, 0.5) is 20.2 Å². The number of hydrogen-bond acceptors (Lipinski definition) is 6. The summed E-state index contributed by atoms with van der Waals surface area (Å²) >= 11 is 1.23. The molecule has 2 aliphatic heterocycles. The van der Waals surface area contributed by atoms with E-state index in [4.69, 9.17) is 5.73 Å². The SMILES string of the molecule is Cc1ccc2c(N)c(C(=O)NCCc3cc(F)c(N4C[C@H]5CCN[C@H]5C4)cc3F)sc2n1.Cl. The third-order valence-corrected chi connectivity index (χ3v) is 7.55. The molecule has 0 aliphatic carbocycles. The first-order chi connectivity index (χ1) is 15.4. The molecular formula is C23H26ClF2N5OS. The monoisotopic (exact) mass is 493 g/mol. The van der Waals surface area contributed by atoms with E-state index in [1.54, 1.807) is 0 Å². The van der Waals surface area contributed by atoms with Crippen LogP contribution in [0.5, 0.6) is 0 Å². The van der Waals surface area contributed by atoms with Crippen LogP contribution in [0.15, 0.2) is 24.3 Å². The van der Waals surface area contributed by atoms with Gasteiger partial charge < -0.3 is 21.3 Å². The van der Waals surface area contributed by atoms with Gasteiger partial charge in [0, 0.05) is 42.8 Å². The van der Waals surface area contributed by atoms with Gasteiger partial charge in [0.25, 0.3) is 5.91 Å². The van der Waals surface area contributed by atoms with Gasteiger partial charge in [-0.05, 0) is 56.0 Å². The molecule has 2 saturated heterocycles. The number of amides is 1. The van der Waals surface area contributed by atoms with Crippen LogP contribution >= 0.6 is 23.7 Å². The Labute approximate surface area is 201 Å². The maximum atomic E-state index is 14.8. The van der Waals surface area contributed by atoms with Crippen LogP contribution in [0.3, 0.4) is 0 Å². The number of rotatable bonds is 5. The second-order valence-electron chi connectivity index (χ2n) is 8.57. The number of nitrogens with two attached hydrogens (primary N) is 1. The van der Waals surface area contributed by atoms with Crippen LogP contribution in [0.2, 0.25) is 0 Å². The van der Waals surface area contributed by atoms with Crippen molar-refractivity contribution in [3.63, 3.8) is 0 Å². The Balaban J connectivity index is 0.00000259. The molecule has 1 amide bonds. The number of carbonyl (C=O) groups excluding carboxylic acids is 1. The maximum Gasteiger partial charge on any atom is 0.263 e. The summed E-state index contributed by atoms with van der Waals surface area (Å²) in [5.41, 5.74) is 7.91. The minimum absolute atomic E-state index is 0. The lowest BCUT2D eigenvalue weighted by Gasteiger charge is -2.21. The van der Waals surface area contributed by atoms with E-state index in [2.05, 4.69) is 15.6 Å². The molecule has 10 heteroatoms. The first kappa shape index (κ1) is 23.7. The molecule has 2 fully saturated rings. The molecule has 0 spiro atoms. The van der Waals surface area contributed by atoms with Crippen LogP contribution < -0.4 is 21.3 Å². The number of halogens is 3. The summed E-state index contributed by atoms with van der Waals surface area (Å²) < 4.78 is 29.5. The van der Waals surface area contributed by atoms with Crippen molar-refractivity contribution >= 4 is 51.2 Å². The number of aromatic nitrogens is 1. The fourth-order valence-corrected chi connectivity index (χ4v) is 5.76. The highest BCUT2D eigenvalue weighted by atomic mass is 35.5. The molecule has 6 nitrogen and oxygen atoms in total. The van der Waals surface area contributed by atoms with E-state index >= 15 is 0 Å². The van der Waals surface area contributed by atoms with Gasteiger partial charge in [-0.2, -0.15) is 0 Å². The number of anilines is 2. The average Bonchev–Trinajstić information content (AvgIpc) is 3.44. The summed E-state index contributed by atoms with van der Waals surface area (Å²) in [4.78, 5) is 20.0. The minimum atomic E-state index is -0.457. The number of carbonyl (C=O) groups is 1. The topological polar surface area (TPSA) is 83.3 Å². The van der Waals surface area contributed by atoms with E-state index in [-0.39, 0.29) is 36.8 Å². The highest BCUT2D eigenvalue weighted by Crippen LogP contribution is 2.33. The Hall–Kier alpha value is -2.49. The predicted molar refractivity (Wildman–Crippen MR) is 131 cm³/mol. The molecule has 176 valence electrons. The molecule has 2 aliphatic rings. The summed E-state index contributed by atoms with van der Waals surface area (Å²) in [7, 11) is 0. The van der Waals surface area contributed by atoms with E-state index < -0.39 is 11.6 Å². The van der Waals surface area contributed by atoms with Crippen molar-refractivity contribution in [1.82, 2.24) is 15.6 Å². The van der Waals surface area contributed by atoms with Crippen molar-refractivity contribution in [3.05, 3.63) is 52.0 Å². The number of nitrogens with zero attached hydrogens (tertiary/aromatic N) is 2. The Morgan fingerprint density at radius 2 is 2.12 bits per heavy atom. The Morgan fingerprint density at radius 1 is 1.30 bits per heavy atom. The van der Waals surface area contributed by atoms with E-state index in [1.165, 1.54) is 23.5 Å². The Kier molecular flexibility index (Phi) is 6.74. The van der Waals surface area contributed by atoms with Crippen LogP contribution in [0.1, 0.15) is 27.3 Å². The number of aryl methyl sites for hydroxylation is 1. The Bertz CT molecular complexity index is 1190. The largest absolute Gasteiger partial charge is 0.397 e. The number of benzene rings is 1. The Morgan fingerprint density at radius 3 is 2.91 bits per heavy atom. The zero-order chi connectivity index (χ0) is 22.4. The van der Waals surface area contributed by atoms with Gasteiger partial charge in [0.1, 0.15) is 21.3 Å². The predicted octanol–water partition coefficient (Wildman–Crippen LogP) is 3.66. The summed E-state index contributed by atoms with van der Waals surface area (Å²) in [6.07, 6.45) is 1.26. The van der Waals surface area contributed by atoms with Crippen molar-refractivity contribution in [3.8, 4) is 0 Å². The third kappa shape index (κ3) is 4.49. The van der Waals surface area contributed by atoms with Gasteiger partial charge in [0.05, 0.1) is 11.4 Å². The number of fused-ring (bicyclic) bond motifs is 2. The lowest BCUT2D eigenvalue weighted by atomic mass is 10.1. The number of nitrogen functional groups attached to an aromatic ring is 1. The molecule has 4 heterocycles. The summed E-state index contributed by atoms with van der Waals surface area (Å²) in [6, 6.07) is 6.58. The number of pyridine rings is 1. The quantitative estimate of drug-likeness (QED) is 0.505. The molecule has 2 aromatic heterocycles. The third-order valence-electron chi connectivity index (χ3n) is 6.44. The van der Waals surface area contributed by atoms with Crippen LogP contribution in [0.25, 0.3) is 10.2 Å². The van der Waals surface area contributed by atoms with Gasteiger partial charge in [-0.15, -0.1) is 23.7 Å². The molecule has 2 atom stereocenters. The molecule has 0 saturated carbocycles. The normalized spacial score (nSPS) is 19.5. The van der Waals surface area contributed by atoms with Gasteiger partial charge in [-0.3, -0.25) is 4.79 Å². The van der Waals surface area contributed by atoms with Crippen molar-refractivity contribution in [2.24, 2.45) is 5.92 Å². The summed E-state index contributed by atoms with van der Waals surface area (Å²) in [5.74, 6) is -0.728. The first-order valence-electron chi connectivity index (χ1n) is 10.8. The van der Waals surface area contributed by atoms with Crippen LogP contribution in [0, 0.1) is 24.5 Å². The molecule has 5 rings (SSSR count). The van der Waals surface area contributed by atoms with Crippen LogP contribution in [-0.4, -0.2) is 43.1 Å². The smallest absolute Gasteiger partial charge is 0.263 e. The first-order valence-corrected chi connectivity index (χ1v) is 11.6. The zero-order valence-electron chi connectivity index (χ0n) is 18.2. The highest BCUT2D eigenvalue weighted by molar-refractivity contribution is 7.21. The fourth-order valence-electron chi connectivity index (χ4n) is 4.71. The van der Waals surface area contributed by atoms with E-state index in [0.717, 1.165) is 30.6 Å². The van der Waals surface area contributed by atoms with Crippen LogP contribution in [-0.2, 0) is 6.42 Å². The van der Waals surface area contributed by atoms with Gasteiger partial charge >= 0.3 is 0 Å². The van der Waals surface area contributed by atoms with E-state index in [1.807, 2.05) is 24.0 Å². The van der Waals surface area contributed by atoms with Crippen molar-refractivity contribution < 1.29 is 13.6 Å². The van der Waals surface area contributed by atoms with Crippen molar-refractivity contribution in [2.75, 3.05) is 36.8 Å². The van der Waals surface area contributed by atoms with Crippen molar-refractivity contribution in [2.45, 2.75) is 25.8 Å². The second kappa shape index (κ2) is 9.40. The molecule has 0 radical (unpaired) electrons. The molecule has 33 heavy (non-hydrogen) atoms. The molecule has 4 N–H and O–H groups in total. The van der Waals surface area contributed by atoms with E-state index in [0.29, 0.717) is 39.6 Å². The molecule has 1 aromatic carbocycles. The van der Waals surface area contributed by atoms with E-state index in [9.17, 15) is 13.6 Å². The number of thiophene rings is 1. The lowest BCUT2D eigenvalue weighted by Crippen LogP contribution is -2.30. The maximum absolute atomic E-state index is 14.8. The van der Waals surface area contributed by atoms with Gasteiger partial charge in [0.2, 0.25) is 0 Å². The lowest BCUT2D eigenvalue weighted by molar-refractivity contribution is 0.0959. The molecular weight excluding hydrogens is 468 g/mol. The number of nitrogens with one attached hydrogen (secondary N) is 2. The fraction of sp³-hybridized carbons (Fsp3) is 0.391. The zero-order valence-corrected chi connectivity index (χ0v) is 19.8. The molecule has 0 unspecified atom stereocenters. The average molecular weight is 494 g/mol. The highest BCUT2D eigenvalue weighted by Gasteiger charge is 2.37. The second-order valence-corrected chi connectivity index (χ2v) is 9.56. The summed E-state index contributed by atoms with van der Waals surface area (Å²) in [5, 5.41) is 6.93. The van der Waals surface area contributed by atoms with Crippen molar-refractivity contribution in [1.29, 1.82) is 0 Å². The summed E-state index contributed by atoms with van der Waals surface area (Å²) in [6.45, 7) is 4.48. The van der Waals surface area contributed by atoms with Gasteiger partial charge in [-0.25, -0.2) is 13.8 Å². The molecule has 0 bridgehead atoms. The van der Waals surface area contributed by atoms with Gasteiger partial charge in [0.15, 0.2) is 0 Å². The van der Waals surface area contributed by atoms with Gasteiger partial charge in [-0.1, -0.05) is 0 Å². The standard InChI is InChI=1S/C23H25F2N5OS.ClH/c1-12-2-3-15-20(26)21(32-23(15)29-12)22(31)28-7-4-13-8-17(25)19(9-16(13)24)30-10-14-5-6-27-18(14)11-30;/h2-3,8-9,14,18,27H,4-7,10-11,26H2,1H3,(H,28,31);1H/t14-,18+;/m1./s1.